The lowest BCUT2D eigenvalue weighted by Crippen LogP contribution is -2.50. The molecular formula is C35H52N4. The van der Waals surface area contributed by atoms with E-state index in [0.717, 1.165) is 0 Å². The molecule has 0 atom stereocenters. The Bertz CT molecular complexity index is 1140. The molecule has 0 spiro atoms. The van der Waals surface area contributed by atoms with E-state index in [1.54, 1.807) is 0 Å². The molecule has 0 amide bonds. The van der Waals surface area contributed by atoms with Crippen LogP contribution in [-0.2, 0) is 5.54 Å². The van der Waals surface area contributed by atoms with Crippen molar-refractivity contribution in [3.8, 4) is 0 Å². The molecule has 3 rings (SSSR count). The van der Waals surface area contributed by atoms with Gasteiger partial charge in [0.2, 0.25) is 0 Å². The van der Waals surface area contributed by atoms with E-state index < -0.39 is 5.54 Å². The van der Waals surface area contributed by atoms with Gasteiger partial charge in [-0.05, 0) is 79.6 Å². The number of rotatable bonds is 11. The summed E-state index contributed by atoms with van der Waals surface area (Å²) in [5.74, 6) is 0. The Hall–Kier alpha value is -2.98. The van der Waals surface area contributed by atoms with Crippen molar-refractivity contribution in [1.29, 1.82) is 0 Å². The predicted octanol–water partition coefficient (Wildman–Crippen LogP) is 7.85. The molecule has 0 aliphatic carbocycles. The standard InChI is InChI=1S/C35H52N4/c1-25(2)36(9)32-24-23-31(33(37(10)26(3)4)34(32)38(11)27(5)6)35(39(12)28(7)8,29-19-15-13-16-20-29)30-21-17-14-18-22-30/h13-28H,1-12H3. The summed E-state index contributed by atoms with van der Waals surface area (Å²) in [6.45, 7) is 18.3. The van der Waals surface area contributed by atoms with Crippen LogP contribution in [-0.4, -0.2) is 57.3 Å². The summed E-state index contributed by atoms with van der Waals surface area (Å²) in [7, 11) is 9.01. The van der Waals surface area contributed by atoms with Gasteiger partial charge in [0, 0.05) is 50.9 Å². The van der Waals surface area contributed by atoms with Gasteiger partial charge in [-0.15, -0.1) is 0 Å². The average molecular weight is 529 g/mol. The molecule has 0 bridgehead atoms. The van der Waals surface area contributed by atoms with Gasteiger partial charge in [-0.2, -0.15) is 0 Å². The summed E-state index contributed by atoms with van der Waals surface area (Å²) in [4.78, 5) is 9.91. The van der Waals surface area contributed by atoms with Crippen molar-refractivity contribution in [3.63, 3.8) is 0 Å². The first kappa shape index (κ1) is 30.6. The Morgan fingerprint density at radius 3 is 1.26 bits per heavy atom. The van der Waals surface area contributed by atoms with Gasteiger partial charge in [-0.25, -0.2) is 0 Å². The topological polar surface area (TPSA) is 13.0 Å². The van der Waals surface area contributed by atoms with E-state index in [1.807, 2.05) is 0 Å². The molecule has 4 heteroatoms. The van der Waals surface area contributed by atoms with E-state index in [9.17, 15) is 0 Å². The van der Waals surface area contributed by atoms with Crippen LogP contribution < -0.4 is 14.7 Å². The second-order valence-corrected chi connectivity index (χ2v) is 12.1. The summed E-state index contributed by atoms with van der Waals surface area (Å²) >= 11 is 0. The third kappa shape index (κ3) is 5.68. The van der Waals surface area contributed by atoms with Crippen molar-refractivity contribution in [2.45, 2.75) is 85.1 Å². The first-order chi connectivity index (χ1) is 18.4. The van der Waals surface area contributed by atoms with Gasteiger partial charge in [0.25, 0.3) is 0 Å². The quantitative estimate of drug-likeness (QED) is 0.235. The van der Waals surface area contributed by atoms with E-state index in [1.165, 1.54) is 33.8 Å². The molecule has 0 aliphatic heterocycles. The average Bonchev–Trinajstić information content (AvgIpc) is 2.92. The molecule has 0 heterocycles. The number of hydrogen-bond donors (Lipinski definition) is 0. The first-order valence-corrected chi connectivity index (χ1v) is 14.6. The minimum absolute atomic E-state index is 0.298. The van der Waals surface area contributed by atoms with Crippen LogP contribution in [0.15, 0.2) is 72.8 Å². The van der Waals surface area contributed by atoms with Crippen LogP contribution in [0.1, 0.15) is 72.1 Å². The molecule has 3 aromatic carbocycles. The fraction of sp³-hybridized carbons (Fsp3) is 0.486. The third-order valence-corrected chi connectivity index (χ3v) is 8.62. The van der Waals surface area contributed by atoms with Crippen LogP contribution >= 0.6 is 0 Å². The van der Waals surface area contributed by atoms with Crippen molar-refractivity contribution < 1.29 is 0 Å². The lowest BCUT2D eigenvalue weighted by atomic mass is 9.73. The highest BCUT2D eigenvalue weighted by atomic mass is 15.3. The van der Waals surface area contributed by atoms with Crippen molar-refractivity contribution >= 4 is 17.1 Å². The normalized spacial score (nSPS) is 12.2. The summed E-state index contributed by atoms with van der Waals surface area (Å²) in [6, 6.07) is 28.2. The molecule has 212 valence electrons. The van der Waals surface area contributed by atoms with Crippen LogP contribution in [0.25, 0.3) is 0 Å². The molecule has 3 aromatic rings. The van der Waals surface area contributed by atoms with Crippen LogP contribution in [0, 0.1) is 0 Å². The summed E-state index contributed by atoms with van der Waals surface area (Å²) in [5.41, 5.74) is 7.17. The van der Waals surface area contributed by atoms with Crippen LogP contribution in [0.5, 0.6) is 0 Å². The number of nitrogens with zero attached hydrogens (tertiary/aromatic N) is 4. The SMILES string of the molecule is CC(C)N(C)c1ccc(C(c2ccccc2)(c2ccccc2)N(C)C(C)C)c(N(C)C(C)C)c1N(C)C(C)C. The highest BCUT2D eigenvalue weighted by molar-refractivity contribution is 5.89. The van der Waals surface area contributed by atoms with Crippen molar-refractivity contribution in [2.24, 2.45) is 0 Å². The Balaban J connectivity index is 2.66. The zero-order valence-electron chi connectivity index (χ0n) is 26.5. The Labute approximate surface area is 239 Å². The molecule has 0 saturated heterocycles. The van der Waals surface area contributed by atoms with Crippen molar-refractivity contribution in [3.05, 3.63) is 89.5 Å². The smallest absolute Gasteiger partial charge is 0.0993 e. The molecular weight excluding hydrogens is 476 g/mol. The molecule has 0 saturated carbocycles. The molecule has 0 radical (unpaired) electrons. The monoisotopic (exact) mass is 528 g/mol. The molecule has 0 aliphatic rings. The number of anilines is 3. The van der Waals surface area contributed by atoms with E-state index >= 15 is 0 Å². The maximum absolute atomic E-state index is 2.55. The van der Waals surface area contributed by atoms with Crippen molar-refractivity contribution in [1.82, 2.24) is 4.90 Å². The zero-order chi connectivity index (χ0) is 29.1. The summed E-state index contributed by atoms with van der Waals surface area (Å²) in [5, 5.41) is 0. The summed E-state index contributed by atoms with van der Waals surface area (Å²) in [6.07, 6.45) is 0. The summed E-state index contributed by atoms with van der Waals surface area (Å²) < 4.78 is 0. The van der Waals surface area contributed by atoms with Gasteiger partial charge < -0.3 is 14.7 Å². The molecule has 0 fully saturated rings. The lowest BCUT2D eigenvalue weighted by molar-refractivity contribution is 0.156. The number of hydrogen-bond acceptors (Lipinski definition) is 4. The minimum Gasteiger partial charge on any atom is -0.370 e. The molecule has 0 aromatic heterocycles. The second kappa shape index (κ2) is 12.5. The third-order valence-electron chi connectivity index (χ3n) is 8.62. The number of benzene rings is 3. The Morgan fingerprint density at radius 2 is 0.872 bits per heavy atom. The van der Waals surface area contributed by atoms with Gasteiger partial charge >= 0.3 is 0 Å². The largest absolute Gasteiger partial charge is 0.370 e. The maximum Gasteiger partial charge on any atom is 0.0993 e. The van der Waals surface area contributed by atoms with Crippen LogP contribution in [0.3, 0.4) is 0 Å². The van der Waals surface area contributed by atoms with Gasteiger partial charge in [-0.1, -0.05) is 66.7 Å². The van der Waals surface area contributed by atoms with Crippen LogP contribution in [0.2, 0.25) is 0 Å². The highest BCUT2D eigenvalue weighted by Gasteiger charge is 2.45. The predicted molar refractivity (Wildman–Crippen MR) is 173 cm³/mol. The minimum atomic E-state index is -0.503. The fourth-order valence-electron chi connectivity index (χ4n) is 5.47. The van der Waals surface area contributed by atoms with E-state index in [4.69, 9.17) is 0 Å². The maximum atomic E-state index is 2.55. The Morgan fingerprint density at radius 1 is 0.462 bits per heavy atom. The van der Waals surface area contributed by atoms with Gasteiger partial charge in [0.05, 0.1) is 22.6 Å². The molecule has 4 nitrogen and oxygen atoms in total. The highest BCUT2D eigenvalue weighted by Crippen LogP contribution is 2.52. The van der Waals surface area contributed by atoms with Crippen molar-refractivity contribution in [2.75, 3.05) is 42.9 Å². The Kier molecular flexibility index (Phi) is 9.77. The van der Waals surface area contributed by atoms with Gasteiger partial charge in [-0.3, -0.25) is 4.90 Å². The van der Waals surface area contributed by atoms with Gasteiger partial charge in [0.15, 0.2) is 0 Å². The first-order valence-electron chi connectivity index (χ1n) is 14.6. The molecule has 0 N–H and O–H groups in total. The molecule has 39 heavy (non-hydrogen) atoms. The van der Waals surface area contributed by atoms with Crippen LogP contribution in [0.4, 0.5) is 17.1 Å². The van der Waals surface area contributed by atoms with E-state index in [-0.39, 0.29) is 0 Å². The lowest BCUT2D eigenvalue weighted by Gasteiger charge is -2.49. The van der Waals surface area contributed by atoms with E-state index in [0.29, 0.717) is 24.2 Å². The van der Waals surface area contributed by atoms with Gasteiger partial charge in [0.1, 0.15) is 0 Å². The molecule has 0 unspecified atom stereocenters. The van der Waals surface area contributed by atoms with E-state index in [2.05, 4.69) is 176 Å². The zero-order valence-corrected chi connectivity index (χ0v) is 26.5. The second-order valence-electron chi connectivity index (χ2n) is 12.1. The fourth-order valence-corrected chi connectivity index (χ4v) is 5.47.